The van der Waals surface area contributed by atoms with E-state index in [2.05, 4.69) is 39.7 Å². The molecule has 0 spiro atoms. The van der Waals surface area contributed by atoms with Gasteiger partial charge in [-0.3, -0.25) is 18.9 Å². The van der Waals surface area contributed by atoms with Crippen LogP contribution >= 0.6 is 22.7 Å². The minimum absolute atomic E-state index is 0.197. The molecule has 18 nitrogen and oxygen atoms in total. The molecule has 8 heterocycles. The number of aromatic nitrogens is 8. The van der Waals surface area contributed by atoms with Gasteiger partial charge in [-0.15, -0.1) is 0 Å². The predicted molar refractivity (Wildman–Crippen MR) is 295 cm³/mol. The van der Waals surface area contributed by atoms with Crippen molar-refractivity contribution in [2.24, 2.45) is 0 Å². The van der Waals surface area contributed by atoms with Crippen molar-refractivity contribution in [2.75, 3.05) is 75.2 Å². The topological polar surface area (TPSA) is 209 Å². The van der Waals surface area contributed by atoms with Crippen LogP contribution in [0.2, 0.25) is 0 Å². The van der Waals surface area contributed by atoms with Gasteiger partial charge in [-0.05, 0) is 73.8 Å². The highest BCUT2D eigenvalue weighted by Crippen LogP contribution is 2.34. The van der Waals surface area contributed by atoms with E-state index in [4.69, 9.17) is 10.2 Å². The van der Waals surface area contributed by atoms with Crippen LogP contribution in [0.15, 0.2) is 92.1 Å². The Labute approximate surface area is 467 Å². The fourth-order valence-electron chi connectivity index (χ4n) is 8.27. The first kappa shape index (κ1) is 62.3. The van der Waals surface area contributed by atoms with Crippen LogP contribution in [0, 0.1) is 0 Å². The van der Waals surface area contributed by atoms with Crippen LogP contribution in [0.1, 0.15) is 90.3 Å². The van der Waals surface area contributed by atoms with Crippen LogP contribution in [0.3, 0.4) is 0 Å². The summed E-state index contributed by atoms with van der Waals surface area (Å²) >= 11 is 3.14. The number of carboxylic acid groups (broad SMARTS) is 2. The summed E-state index contributed by atoms with van der Waals surface area (Å²) in [5.74, 6) is -1.45. The second kappa shape index (κ2) is 27.5. The standard InChI is InChI=1S/2C25H31F3N6OS.C4H4O4/c2*1-24(2,3)22-30-20(25(26,27)28)16-21(31-22)33-13-11-32(12-14-33)8-4-5-9-34-10-6-19(29-23(34)35)18-7-15-36-17-18;5-3(6)1-2-4(7)8/h2*6-7,10,15-17H,4-5,8-9,11-14H2,1-3H3;1-2H,(H,5,6)(H,7,8). The molecule has 0 unspecified atom stereocenters. The van der Waals surface area contributed by atoms with Gasteiger partial charge in [0.15, 0.2) is 0 Å². The molecular weight excluding hydrogens is 1090 g/mol. The third-order valence-corrected chi connectivity index (χ3v) is 14.1. The lowest BCUT2D eigenvalue weighted by Crippen LogP contribution is -2.47. The second-order valence-corrected chi connectivity index (χ2v) is 22.6. The number of anilines is 2. The van der Waals surface area contributed by atoms with Gasteiger partial charge in [-0.1, -0.05) is 41.5 Å². The molecular formula is C54H66F6N12O6S2. The molecule has 0 aliphatic carbocycles. The van der Waals surface area contributed by atoms with Crippen LogP contribution in [-0.4, -0.2) is 136 Å². The molecule has 0 bridgehead atoms. The lowest BCUT2D eigenvalue weighted by atomic mass is 9.95. The van der Waals surface area contributed by atoms with Crippen molar-refractivity contribution in [3.8, 4) is 22.5 Å². The summed E-state index contributed by atoms with van der Waals surface area (Å²) in [6.07, 6.45) is -0.803. The van der Waals surface area contributed by atoms with Crippen molar-refractivity contribution in [1.29, 1.82) is 0 Å². The Morgan fingerprint density at radius 1 is 0.525 bits per heavy atom. The number of carbonyl (C=O) groups is 2. The van der Waals surface area contributed by atoms with Gasteiger partial charge in [0.1, 0.15) is 34.7 Å². The summed E-state index contributed by atoms with van der Waals surface area (Å²) in [5, 5.41) is 23.5. The summed E-state index contributed by atoms with van der Waals surface area (Å²) in [5.41, 5.74) is -0.161. The smallest absolute Gasteiger partial charge is 0.433 e. The average Bonchev–Trinajstić information content (AvgIpc) is 4.16. The van der Waals surface area contributed by atoms with Crippen molar-refractivity contribution in [2.45, 2.75) is 103 Å². The number of aryl methyl sites for hydroxylation is 2. The second-order valence-electron chi connectivity index (χ2n) is 21.0. The van der Waals surface area contributed by atoms with Gasteiger partial charge >= 0.3 is 35.7 Å². The Kier molecular flexibility index (Phi) is 21.4. The lowest BCUT2D eigenvalue weighted by molar-refractivity contribution is -0.142. The molecule has 8 rings (SSSR count). The van der Waals surface area contributed by atoms with Crippen LogP contribution < -0.4 is 21.2 Å². The normalized spacial score (nSPS) is 14.8. The number of aliphatic carboxylic acids is 2. The highest BCUT2D eigenvalue weighted by Gasteiger charge is 2.37. The maximum Gasteiger partial charge on any atom is 0.433 e. The molecule has 80 heavy (non-hydrogen) atoms. The van der Waals surface area contributed by atoms with Crippen molar-refractivity contribution >= 4 is 46.2 Å². The maximum atomic E-state index is 13.4. The lowest BCUT2D eigenvalue weighted by Gasteiger charge is -2.36. The number of thiophene rings is 2. The van der Waals surface area contributed by atoms with Gasteiger partial charge in [0.2, 0.25) is 0 Å². The van der Waals surface area contributed by atoms with Crippen molar-refractivity contribution < 1.29 is 46.1 Å². The summed E-state index contributed by atoms with van der Waals surface area (Å²) in [4.78, 5) is 77.0. The van der Waals surface area contributed by atoms with Gasteiger partial charge in [0.25, 0.3) is 0 Å². The first-order valence-corrected chi connectivity index (χ1v) is 27.7. The summed E-state index contributed by atoms with van der Waals surface area (Å²) in [6.45, 7) is 19.2. The molecule has 0 amide bonds. The maximum absolute atomic E-state index is 13.4. The number of alkyl halides is 6. The Morgan fingerprint density at radius 3 is 1.16 bits per heavy atom. The van der Waals surface area contributed by atoms with Crippen LogP contribution in [0.4, 0.5) is 38.0 Å². The van der Waals surface area contributed by atoms with E-state index in [9.17, 15) is 45.5 Å². The molecule has 2 saturated heterocycles. The minimum atomic E-state index is -4.51. The molecule has 0 aromatic carbocycles. The molecule has 0 radical (unpaired) electrons. The number of halogens is 6. The highest BCUT2D eigenvalue weighted by molar-refractivity contribution is 7.08. The molecule has 2 aliphatic heterocycles. The molecule has 2 N–H and O–H groups in total. The van der Waals surface area contributed by atoms with Gasteiger partial charge in [0, 0.05) is 135 Å². The highest BCUT2D eigenvalue weighted by atomic mass is 32.1. The van der Waals surface area contributed by atoms with Gasteiger partial charge in [0.05, 0.1) is 11.4 Å². The third kappa shape index (κ3) is 18.9. The zero-order valence-corrected chi connectivity index (χ0v) is 47.0. The molecule has 6 aromatic rings. The van der Waals surface area contributed by atoms with Gasteiger partial charge in [-0.25, -0.2) is 39.1 Å². The number of carboxylic acids is 2. The van der Waals surface area contributed by atoms with Gasteiger partial charge < -0.3 is 20.0 Å². The van der Waals surface area contributed by atoms with Crippen LogP contribution in [-0.2, 0) is 45.9 Å². The Bertz CT molecular complexity index is 2850. The quantitative estimate of drug-likeness (QED) is 0.0526. The Morgan fingerprint density at radius 2 is 0.875 bits per heavy atom. The molecule has 2 aliphatic rings. The zero-order chi connectivity index (χ0) is 58.4. The molecule has 0 atom stereocenters. The van der Waals surface area contributed by atoms with E-state index in [1.54, 1.807) is 44.2 Å². The Hall–Kier alpha value is -6.90. The van der Waals surface area contributed by atoms with E-state index in [0.717, 1.165) is 88.2 Å². The largest absolute Gasteiger partial charge is 0.478 e. The van der Waals surface area contributed by atoms with E-state index < -0.39 is 46.5 Å². The molecule has 0 saturated carbocycles. The van der Waals surface area contributed by atoms with Crippen molar-refractivity contribution in [1.82, 2.24) is 48.8 Å². The summed E-state index contributed by atoms with van der Waals surface area (Å²) in [7, 11) is 0. The number of hydrogen-bond acceptors (Lipinski definition) is 16. The Balaban J connectivity index is 0.000000227. The summed E-state index contributed by atoms with van der Waals surface area (Å²) < 4.78 is 83.8. The van der Waals surface area contributed by atoms with Crippen molar-refractivity contribution in [3.63, 3.8) is 0 Å². The van der Waals surface area contributed by atoms with E-state index in [1.165, 1.54) is 0 Å². The van der Waals surface area contributed by atoms with E-state index in [0.29, 0.717) is 74.4 Å². The predicted octanol–water partition coefficient (Wildman–Crippen LogP) is 9.07. The van der Waals surface area contributed by atoms with Crippen LogP contribution in [0.25, 0.3) is 22.5 Å². The van der Waals surface area contributed by atoms with E-state index >= 15 is 0 Å². The molecule has 6 aromatic heterocycles. The fourth-order valence-corrected chi connectivity index (χ4v) is 9.57. The van der Waals surface area contributed by atoms with Crippen LogP contribution in [0.5, 0.6) is 0 Å². The molecule has 26 heteroatoms. The minimum Gasteiger partial charge on any atom is -0.478 e. The average molecular weight is 1160 g/mol. The number of hydrogen-bond donors (Lipinski definition) is 2. The molecule has 432 valence electrons. The SMILES string of the molecule is CC(C)(C)c1nc(N2CCN(CCCCn3ccc(-c4ccsc4)nc3=O)CC2)cc(C(F)(F)F)n1.CC(C)(C)c1nc(N2CCN(CCCCn3ccc(-c4ccsc4)nc3=O)CC2)cc(C(F)(F)F)n1.O=C(O)C=CC(=O)O. The number of piperazine rings is 2. The van der Waals surface area contributed by atoms with E-state index in [-0.39, 0.29) is 23.0 Å². The van der Waals surface area contributed by atoms with Crippen molar-refractivity contribution in [3.05, 3.63) is 126 Å². The third-order valence-electron chi connectivity index (χ3n) is 12.7. The van der Waals surface area contributed by atoms with E-state index in [1.807, 2.05) is 97.1 Å². The number of unbranched alkanes of at least 4 members (excludes halogenated alkanes) is 2. The summed E-state index contributed by atoms with van der Waals surface area (Å²) in [6, 6.07) is 9.73. The number of rotatable bonds is 16. The number of nitrogens with zero attached hydrogens (tertiary/aromatic N) is 12. The zero-order valence-electron chi connectivity index (χ0n) is 45.4. The first-order chi connectivity index (χ1) is 37.6. The first-order valence-electron chi connectivity index (χ1n) is 25.9. The molecule has 2 fully saturated rings. The monoisotopic (exact) mass is 1160 g/mol. The fraction of sp³-hybridized carbons (Fsp3) is 0.481. The van der Waals surface area contributed by atoms with Gasteiger partial charge in [-0.2, -0.15) is 59.0 Å².